The summed E-state index contributed by atoms with van der Waals surface area (Å²) in [5.74, 6) is 1.06. The van der Waals surface area contributed by atoms with E-state index in [2.05, 4.69) is 0 Å². The number of carbonyl (C=O) groups is 1. The highest BCUT2D eigenvalue weighted by molar-refractivity contribution is 5.75. The third-order valence-electron chi connectivity index (χ3n) is 2.74. The van der Waals surface area contributed by atoms with Gasteiger partial charge in [-0.1, -0.05) is 19.8 Å². The van der Waals surface area contributed by atoms with Crippen molar-refractivity contribution < 1.29 is 4.79 Å². The van der Waals surface area contributed by atoms with E-state index in [-0.39, 0.29) is 5.91 Å². The van der Waals surface area contributed by atoms with Crippen molar-refractivity contribution in [3.63, 3.8) is 0 Å². The average molecular weight is 169 g/mol. The Morgan fingerprint density at radius 3 is 2.50 bits per heavy atom. The second kappa shape index (κ2) is 4.48. The van der Waals surface area contributed by atoms with E-state index in [0.717, 1.165) is 12.5 Å². The zero-order valence-corrected chi connectivity index (χ0v) is 8.18. The second-order valence-electron chi connectivity index (χ2n) is 3.78. The minimum Gasteiger partial charge on any atom is -0.345 e. The number of amides is 1. The minimum absolute atomic E-state index is 0.280. The Hall–Kier alpha value is -0.530. The van der Waals surface area contributed by atoms with Crippen LogP contribution in [0.1, 0.15) is 39.0 Å². The molecule has 1 amide bonds. The molecule has 0 aliphatic heterocycles. The zero-order valence-electron chi connectivity index (χ0n) is 8.18. The van der Waals surface area contributed by atoms with Gasteiger partial charge in [-0.25, -0.2) is 0 Å². The van der Waals surface area contributed by atoms with E-state index >= 15 is 0 Å². The monoisotopic (exact) mass is 169 g/mol. The van der Waals surface area contributed by atoms with Crippen LogP contribution in [0.2, 0.25) is 0 Å². The van der Waals surface area contributed by atoms with Gasteiger partial charge < -0.3 is 4.90 Å². The molecule has 0 aromatic heterocycles. The zero-order chi connectivity index (χ0) is 8.97. The van der Waals surface area contributed by atoms with Crippen molar-refractivity contribution in [1.29, 1.82) is 0 Å². The fourth-order valence-corrected chi connectivity index (χ4v) is 1.95. The summed E-state index contributed by atoms with van der Waals surface area (Å²) in [5, 5.41) is 0. The van der Waals surface area contributed by atoms with E-state index in [9.17, 15) is 4.79 Å². The molecule has 0 aromatic carbocycles. The van der Waals surface area contributed by atoms with E-state index in [1.807, 2.05) is 18.9 Å². The molecule has 2 heteroatoms. The van der Waals surface area contributed by atoms with Crippen LogP contribution in [0.25, 0.3) is 0 Å². The van der Waals surface area contributed by atoms with Crippen LogP contribution >= 0.6 is 0 Å². The molecule has 70 valence electrons. The lowest BCUT2D eigenvalue weighted by atomic mass is 10.1. The molecule has 0 atom stereocenters. The first-order chi connectivity index (χ1) is 5.74. The molecular formula is C10H19NO. The van der Waals surface area contributed by atoms with E-state index in [1.165, 1.54) is 25.7 Å². The SMILES string of the molecule is CCC(=O)N(C)CC1CCCC1. The third kappa shape index (κ3) is 2.50. The maximum atomic E-state index is 11.2. The lowest BCUT2D eigenvalue weighted by Gasteiger charge is -2.20. The molecule has 1 fully saturated rings. The van der Waals surface area contributed by atoms with Gasteiger partial charge in [0.05, 0.1) is 0 Å². The topological polar surface area (TPSA) is 20.3 Å². The summed E-state index contributed by atoms with van der Waals surface area (Å²) in [5.41, 5.74) is 0. The lowest BCUT2D eigenvalue weighted by Crippen LogP contribution is -2.30. The second-order valence-corrected chi connectivity index (χ2v) is 3.78. The molecule has 0 radical (unpaired) electrons. The van der Waals surface area contributed by atoms with Crippen LogP contribution in [0.4, 0.5) is 0 Å². The molecule has 0 spiro atoms. The Morgan fingerprint density at radius 2 is 2.00 bits per heavy atom. The maximum absolute atomic E-state index is 11.2. The summed E-state index contributed by atoms with van der Waals surface area (Å²) < 4.78 is 0. The predicted molar refractivity (Wildman–Crippen MR) is 49.9 cm³/mol. The van der Waals surface area contributed by atoms with Crippen molar-refractivity contribution in [2.45, 2.75) is 39.0 Å². The summed E-state index contributed by atoms with van der Waals surface area (Å²) in [6.07, 6.45) is 6.00. The molecule has 0 aromatic rings. The summed E-state index contributed by atoms with van der Waals surface area (Å²) in [6, 6.07) is 0. The van der Waals surface area contributed by atoms with Crippen LogP contribution in [-0.2, 0) is 4.79 Å². The van der Waals surface area contributed by atoms with Gasteiger partial charge in [0.2, 0.25) is 5.91 Å². The molecule has 1 saturated carbocycles. The van der Waals surface area contributed by atoms with Crippen molar-refractivity contribution in [2.75, 3.05) is 13.6 Å². The van der Waals surface area contributed by atoms with Crippen LogP contribution in [0.5, 0.6) is 0 Å². The minimum atomic E-state index is 0.280. The fraction of sp³-hybridized carbons (Fsp3) is 0.900. The maximum Gasteiger partial charge on any atom is 0.222 e. The third-order valence-corrected chi connectivity index (χ3v) is 2.74. The molecule has 0 N–H and O–H groups in total. The van der Waals surface area contributed by atoms with Crippen LogP contribution in [0.3, 0.4) is 0 Å². The molecule has 1 aliphatic carbocycles. The standard InChI is InChI=1S/C10H19NO/c1-3-10(12)11(2)8-9-6-4-5-7-9/h9H,3-8H2,1-2H3. The highest BCUT2D eigenvalue weighted by Crippen LogP contribution is 2.25. The average Bonchev–Trinajstić information content (AvgIpc) is 2.55. The van der Waals surface area contributed by atoms with Gasteiger partial charge in [-0.2, -0.15) is 0 Å². The van der Waals surface area contributed by atoms with Gasteiger partial charge >= 0.3 is 0 Å². The Labute approximate surface area is 74.9 Å². The van der Waals surface area contributed by atoms with Gasteiger partial charge in [0.15, 0.2) is 0 Å². The smallest absolute Gasteiger partial charge is 0.222 e. The van der Waals surface area contributed by atoms with Crippen LogP contribution in [-0.4, -0.2) is 24.4 Å². The first-order valence-electron chi connectivity index (χ1n) is 4.98. The van der Waals surface area contributed by atoms with Gasteiger partial charge in [-0.3, -0.25) is 4.79 Å². The highest BCUT2D eigenvalue weighted by atomic mass is 16.2. The molecule has 1 aliphatic rings. The van der Waals surface area contributed by atoms with Crippen molar-refractivity contribution in [3.05, 3.63) is 0 Å². The Balaban J connectivity index is 2.24. The molecule has 0 heterocycles. The van der Waals surface area contributed by atoms with Crippen LogP contribution in [0, 0.1) is 5.92 Å². The van der Waals surface area contributed by atoms with E-state index in [4.69, 9.17) is 0 Å². The summed E-state index contributed by atoms with van der Waals surface area (Å²) in [7, 11) is 1.92. The van der Waals surface area contributed by atoms with Crippen molar-refractivity contribution >= 4 is 5.91 Å². The summed E-state index contributed by atoms with van der Waals surface area (Å²) in [4.78, 5) is 13.1. The molecule has 0 bridgehead atoms. The van der Waals surface area contributed by atoms with Gasteiger partial charge in [0.25, 0.3) is 0 Å². The van der Waals surface area contributed by atoms with Gasteiger partial charge in [-0.15, -0.1) is 0 Å². The molecule has 1 rings (SSSR count). The molecule has 12 heavy (non-hydrogen) atoms. The fourth-order valence-electron chi connectivity index (χ4n) is 1.95. The summed E-state index contributed by atoms with van der Waals surface area (Å²) in [6.45, 7) is 2.90. The van der Waals surface area contributed by atoms with Gasteiger partial charge in [0, 0.05) is 20.0 Å². The largest absolute Gasteiger partial charge is 0.345 e. The predicted octanol–water partition coefficient (Wildman–Crippen LogP) is 2.04. The lowest BCUT2D eigenvalue weighted by molar-refractivity contribution is -0.130. The van der Waals surface area contributed by atoms with Crippen molar-refractivity contribution in [1.82, 2.24) is 4.90 Å². The van der Waals surface area contributed by atoms with Crippen molar-refractivity contribution in [3.8, 4) is 0 Å². The Kier molecular flexibility index (Phi) is 3.57. The highest BCUT2D eigenvalue weighted by Gasteiger charge is 2.18. The first kappa shape index (κ1) is 9.56. The van der Waals surface area contributed by atoms with E-state index in [0.29, 0.717) is 6.42 Å². The molecule has 0 saturated heterocycles. The number of carbonyl (C=O) groups excluding carboxylic acids is 1. The Bertz CT molecular complexity index is 150. The first-order valence-corrected chi connectivity index (χ1v) is 4.98. The van der Waals surface area contributed by atoms with Gasteiger partial charge in [-0.05, 0) is 18.8 Å². The van der Waals surface area contributed by atoms with Crippen LogP contribution < -0.4 is 0 Å². The number of hydrogen-bond acceptors (Lipinski definition) is 1. The molecular weight excluding hydrogens is 150 g/mol. The number of nitrogens with zero attached hydrogens (tertiary/aromatic N) is 1. The van der Waals surface area contributed by atoms with E-state index < -0.39 is 0 Å². The summed E-state index contributed by atoms with van der Waals surface area (Å²) >= 11 is 0. The molecule has 2 nitrogen and oxygen atoms in total. The van der Waals surface area contributed by atoms with E-state index in [1.54, 1.807) is 0 Å². The Morgan fingerprint density at radius 1 is 1.42 bits per heavy atom. The van der Waals surface area contributed by atoms with Crippen molar-refractivity contribution in [2.24, 2.45) is 5.92 Å². The number of hydrogen-bond donors (Lipinski definition) is 0. The van der Waals surface area contributed by atoms with Crippen LogP contribution in [0.15, 0.2) is 0 Å². The number of rotatable bonds is 3. The normalized spacial score (nSPS) is 18.2. The van der Waals surface area contributed by atoms with Gasteiger partial charge in [0.1, 0.15) is 0 Å². The molecule has 0 unspecified atom stereocenters. The quantitative estimate of drug-likeness (QED) is 0.633.